The summed E-state index contributed by atoms with van der Waals surface area (Å²) >= 11 is 0. The number of amides is 1. The second-order valence-corrected chi connectivity index (χ2v) is 4.50. The summed E-state index contributed by atoms with van der Waals surface area (Å²) in [6.07, 6.45) is 3.30. The lowest BCUT2D eigenvalue weighted by molar-refractivity contribution is -0.118. The van der Waals surface area contributed by atoms with E-state index < -0.39 is 12.5 Å². The third kappa shape index (κ3) is 2.61. The Kier molecular flexibility index (Phi) is 3.37. The van der Waals surface area contributed by atoms with Gasteiger partial charge < -0.3 is 15.0 Å². The zero-order chi connectivity index (χ0) is 14.8. The number of hydrogen-bond acceptors (Lipinski definition) is 3. The van der Waals surface area contributed by atoms with E-state index in [-0.39, 0.29) is 5.82 Å². The van der Waals surface area contributed by atoms with Gasteiger partial charge in [-0.3, -0.25) is 4.79 Å². The molecule has 0 atom stereocenters. The molecule has 2 aromatic heterocycles. The number of carbonyl (C=O) groups excluding carboxylic acids is 1. The van der Waals surface area contributed by atoms with Gasteiger partial charge in [0, 0.05) is 11.6 Å². The third-order valence-corrected chi connectivity index (χ3v) is 3.07. The van der Waals surface area contributed by atoms with Gasteiger partial charge in [0.2, 0.25) is 5.91 Å². The standard InChI is InChI=1S/C15H12FN3O2/c16-11-1-3-13-10(7-11)5-6-19(13)14-4-2-12(8-17-14)18-15(21)9-20/h1-8,20H,9H2,(H,18,21). The third-order valence-electron chi connectivity index (χ3n) is 3.07. The molecular weight excluding hydrogens is 273 g/mol. The van der Waals surface area contributed by atoms with Crippen LogP contribution in [0, 0.1) is 5.82 Å². The van der Waals surface area contributed by atoms with E-state index in [1.54, 1.807) is 24.4 Å². The number of aromatic nitrogens is 2. The maximum Gasteiger partial charge on any atom is 0.250 e. The topological polar surface area (TPSA) is 67.2 Å². The molecule has 0 radical (unpaired) electrons. The van der Waals surface area contributed by atoms with Gasteiger partial charge >= 0.3 is 0 Å². The predicted molar refractivity (Wildman–Crippen MR) is 76.7 cm³/mol. The molecule has 1 aromatic carbocycles. The minimum atomic E-state index is -0.574. The van der Waals surface area contributed by atoms with Gasteiger partial charge in [-0.15, -0.1) is 0 Å². The van der Waals surface area contributed by atoms with Gasteiger partial charge in [-0.1, -0.05) is 0 Å². The van der Waals surface area contributed by atoms with E-state index in [1.165, 1.54) is 18.3 Å². The first kappa shape index (κ1) is 13.3. The monoisotopic (exact) mass is 285 g/mol. The van der Waals surface area contributed by atoms with Gasteiger partial charge in [-0.2, -0.15) is 0 Å². The van der Waals surface area contributed by atoms with Crippen molar-refractivity contribution in [1.82, 2.24) is 9.55 Å². The van der Waals surface area contributed by atoms with Crippen LogP contribution in [-0.4, -0.2) is 27.2 Å². The van der Waals surface area contributed by atoms with E-state index in [4.69, 9.17) is 5.11 Å². The van der Waals surface area contributed by atoms with Crippen molar-refractivity contribution in [2.24, 2.45) is 0 Å². The van der Waals surface area contributed by atoms with Gasteiger partial charge in [0.25, 0.3) is 0 Å². The minimum Gasteiger partial charge on any atom is -0.387 e. The molecule has 0 aliphatic rings. The molecule has 3 rings (SSSR count). The Bertz CT molecular complexity index is 796. The second-order valence-electron chi connectivity index (χ2n) is 4.50. The maximum atomic E-state index is 13.2. The molecule has 0 unspecified atom stereocenters. The number of pyridine rings is 1. The fourth-order valence-electron chi connectivity index (χ4n) is 2.12. The molecule has 0 fully saturated rings. The number of rotatable bonds is 3. The Balaban J connectivity index is 1.94. The van der Waals surface area contributed by atoms with E-state index in [9.17, 15) is 9.18 Å². The molecule has 2 heterocycles. The average molecular weight is 285 g/mol. The number of nitrogens with one attached hydrogen (secondary N) is 1. The fraction of sp³-hybridized carbons (Fsp3) is 0.0667. The van der Waals surface area contributed by atoms with E-state index in [2.05, 4.69) is 10.3 Å². The number of benzene rings is 1. The minimum absolute atomic E-state index is 0.282. The molecule has 21 heavy (non-hydrogen) atoms. The predicted octanol–water partition coefficient (Wildman–Crippen LogP) is 2.10. The molecule has 0 aliphatic carbocycles. The van der Waals surface area contributed by atoms with Gasteiger partial charge in [-0.25, -0.2) is 9.37 Å². The zero-order valence-electron chi connectivity index (χ0n) is 11.0. The molecule has 0 spiro atoms. The highest BCUT2D eigenvalue weighted by molar-refractivity contribution is 5.91. The average Bonchev–Trinajstić information content (AvgIpc) is 2.90. The van der Waals surface area contributed by atoms with Crippen LogP contribution >= 0.6 is 0 Å². The largest absolute Gasteiger partial charge is 0.387 e. The van der Waals surface area contributed by atoms with Crippen LogP contribution in [0.15, 0.2) is 48.8 Å². The number of aliphatic hydroxyl groups is 1. The molecule has 2 N–H and O–H groups in total. The van der Waals surface area contributed by atoms with Crippen molar-refractivity contribution in [2.75, 3.05) is 11.9 Å². The van der Waals surface area contributed by atoms with Crippen molar-refractivity contribution in [3.8, 4) is 5.82 Å². The lowest BCUT2D eigenvalue weighted by Crippen LogP contribution is -2.15. The molecule has 0 saturated heterocycles. The van der Waals surface area contributed by atoms with Crippen LogP contribution in [-0.2, 0) is 4.79 Å². The number of fused-ring (bicyclic) bond motifs is 1. The second kappa shape index (κ2) is 5.34. The van der Waals surface area contributed by atoms with Gasteiger partial charge in [0.15, 0.2) is 0 Å². The van der Waals surface area contributed by atoms with Crippen LogP contribution in [0.5, 0.6) is 0 Å². The Morgan fingerprint density at radius 3 is 2.86 bits per heavy atom. The Morgan fingerprint density at radius 2 is 2.14 bits per heavy atom. The van der Waals surface area contributed by atoms with Crippen molar-refractivity contribution in [3.63, 3.8) is 0 Å². The molecule has 0 aliphatic heterocycles. The molecule has 6 heteroatoms. The van der Waals surface area contributed by atoms with E-state index in [1.807, 2.05) is 10.6 Å². The summed E-state index contributed by atoms with van der Waals surface area (Å²) in [4.78, 5) is 15.3. The summed E-state index contributed by atoms with van der Waals surface area (Å²) in [7, 11) is 0. The Labute approximate surface area is 119 Å². The van der Waals surface area contributed by atoms with E-state index >= 15 is 0 Å². The first-order chi connectivity index (χ1) is 10.2. The number of anilines is 1. The molecular formula is C15H12FN3O2. The summed E-state index contributed by atoms with van der Waals surface area (Å²) in [5.41, 5.74) is 1.34. The van der Waals surface area contributed by atoms with Gasteiger partial charge in [0.1, 0.15) is 18.2 Å². The maximum absolute atomic E-state index is 13.2. The molecule has 0 bridgehead atoms. The summed E-state index contributed by atoms with van der Waals surface area (Å²) in [6.45, 7) is -0.574. The Hall–Kier alpha value is -2.73. The number of hydrogen-bond donors (Lipinski definition) is 2. The Morgan fingerprint density at radius 1 is 1.29 bits per heavy atom. The molecule has 0 saturated carbocycles. The highest BCUT2D eigenvalue weighted by atomic mass is 19.1. The normalized spacial score (nSPS) is 10.8. The quantitative estimate of drug-likeness (QED) is 0.774. The van der Waals surface area contributed by atoms with Crippen molar-refractivity contribution in [1.29, 1.82) is 0 Å². The van der Waals surface area contributed by atoms with Crippen LogP contribution < -0.4 is 5.32 Å². The van der Waals surface area contributed by atoms with Gasteiger partial charge in [-0.05, 0) is 36.4 Å². The van der Waals surface area contributed by atoms with E-state index in [0.717, 1.165) is 10.9 Å². The lowest BCUT2D eigenvalue weighted by Gasteiger charge is -2.07. The number of carbonyl (C=O) groups is 1. The summed E-state index contributed by atoms with van der Waals surface area (Å²) in [5.74, 6) is -0.125. The highest BCUT2D eigenvalue weighted by Gasteiger charge is 2.06. The smallest absolute Gasteiger partial charge is 0.250 e. The first-order valence-electron chi connectivity index (χ1n) is 6.31. The molecule has 106 valence electrons. The van der Waals surface area contributed by atoms with Crippen molar-refractivity contribution in [3.05, 3.63) is 54.6 Å². The van der Waals surface area contributed by atoms with Crippen LogP contribution in [0.25, 0.3) is 16.7 Å². The first-order valence-corrected chi connectivity index (χ1v) is 6.31. The summed E-state index contributed by atoms with van der Waals surface area (Å²) in [6, 6.07) is 9.77. The molecule has 3 aromatic rings. The summed E-state index contributed by atoms with van der Waals surface area (Å²) in [5, 5.41) is 12.0. The van der Waals surface area contributed by atoms with Crippen LogP contribution in [0.4, 0.5) is 10.1 Å². The fourth-order valence-corrected chi connectivity index (χ4v) is 2.12. The number of nitrogens with zero attached hydrogens (tertiary/aromatic N) is 2. The highest BCUT2D eigenvalue weighted by Crippen LogP contribution is 2.21. The van der Waals surface area contributed by atoms with Crippen LogP contribution in [0.3, 0.4) is 0 Å². The zero-order valence-corrected chi connectivity index (χ0v) is 11.0. The van der Waals surface area contributed by atoms with Crippen LogP contribution in [0.2, 0.25) is 0 Å². The molecule has 5 nitrogen and oxygen atoms in total. The van der Waals surface area contributed by atoms with Crippen molar-refractivity contribution in [2.45, 2.75) is 0 Å². The van der Waals surface area contributed by atoms with Gasteiger partial charge in [0.05, 0.1) is 17.4 Å². The summed E-state index contributed by atoms with van der Waals surface area (Å²) < 4.78 is 15.0. The number of halogens is 1. The van der Waals surface area contributed by atoms with Crippen molar-refractivity contribution >= 4 is 22.5 Å². The number of aliphatic hydroxyl groups excluding tert-OH is 1. The SMILES string of the molecule is O=C(CO)Nc1ccc(-n2ccc3cc(F)ccc32)nc1. The van der Waals surface area contributed by atoms with Crippen LogP contribution in [0.1, 0.15) is 0 Å². The molecule has 1 amide bonds. The van der Waals surface area contributed by atoms with E-state index in [0.29, 0.717) is 11.5 Å². The van der Waals surface area contributed by atoms with Crippen molar-refractivity contribution < 1.29 is 14.3 Å². The lowest BCUT2D eigenvalue weighted by atomic mass is 10.2.